The van der Waals surface area contributed by atoms with E-state index in [1.165, 1.54) is 76.8 Å². The van der Waals surface area contributed by atoms with Crippen LogP contribution >= 0.6 is 0 Å². The van der Waals surface area contributed by atoms with Gasteiger partial charge in [0.2, 0.25) is 0 Å². The Morgan fingerprint density at radius 2 is 0.649 bits per heavy atom. The minimum Gasteiger partial charge on any atom is -0.310 e. The van der Waals surface area contributed by atoms with Crippen LogP contribution in [0.25, 0.3) is 77.9 Å². The smallest absolute Gasteiger partial charge is 0.0468 e. The summed E-state index contributed by atoms with van der Waals surface area (Å²) in [4.78, 5) is 2.34. The van der Waals surface area contributed by atoms with Gasteiger partial charge < -0.3 is 4.90 Å². The Hall–Kier alpha value is -7.48. The largest absolute Gasteiger partial charge is 0.310 e. The zero-order valence-electron chi connectivity index (χ0n) is 31.5. The summed E-state index contributed by atoms with van der Waals surface area (Å²) in [6, 6.07) is 81.0. The molecule has 0 saturated heterocycles. The summed E-state index contributed by atoms with van der Waals surface area (Å²) in [5, 5.41) is 7.45. The Balaban J connectivity index is 1.01. The molecule has 10 aromatic carbocycles. The monoisotopic (exact) mass is 725 g/mol. The lowest BCUT2D eigenvalue weighted by Crippen LogP contribution is -2.09. The molecule has 0 N–H and O–H groups in total. The van der Waals surface area contributed by atoms with Crippen LogP contribution in [0.4, 0.5) is 17.1 Å². The third-order valence-corrected chi connectivity index (χ3v) is 11.0. The van der Waals surface area contributed by atoms with Crippen molar-refractivity contribution in [3.05, 3.63) is 236 Å². The van der Waals surface area contributed by atoms with Crippen molar-refractivity contribution in [1.29, 1.82) is 0 Å². The first-order chi connectivity index (χ1) is 28.3. The van der Waals surface area contributed by atoms with Gasteiger partial charge in [0.05, 0.1) is 0 Å². The maximum absolute atomic E-state index is 2.34. The summed E-state index contributed by atoms with van der Waals surface area (Å²) < 4.78 is 0. The van der Waals surface area contributed by atoms with E-state index in [2.05, 4.69) is 242 Å². The normalized spacial score (nSPS) is 11.4. The van der Waals surface area contributed by atoms with Crippen molar-refractivity contribution in [3.63, 3.8) is 0 Å². The Bertz CT molecular complexity index is 2960. The van der Waals surface area contributed by atoms with Gasteiger partial charge in [0.1, 0.15) is 0 Å². The van der Waals surface area contributed by atoms with E-state index in [1.54, 1.807) is 0 Å². The van der Waals surface area contributed by atoms with Gasteiger partial charge in [-0.25, -0.2) is 0 Å². The topological polar surface area (TPSA) is 3.24 Å². The van der Waals surface area contributed by atoms with Gasteiger partial charge in [-0.3, -0.25) is 0 Å². The number of nitrogens with zero attached hydrogens (tertiary/aromatic N) is 1. The molecule has 0 fully saturated rings. The Kier molecular flexibility index (Phi) is 8.95. The lowest BCUT2D eigenvalue weighted by molar-refractivity contribution is 1.29. The van der Waals surface area contributed by atoms with Crippen molar-refractivity contribution in [2.45, 2.75) is 0 Å². The molecule has 57 heavy (non-hydrogen) atoms. The number of fused-ring (bicyclic) bond motifs is 3. The second-order valence-electron chi connectivity index (χ2n) is 14.5. The molecule has 268 valence electrons. The van der Waals surface area contributed by atoms with E-state index in [1.807, 2.05) is 0 Å². The molecule has 10 aromatic rings. The summed E-state index contributed by atoms with van der Waals surface area (Å²) in [7, 11) is 0. The fraction of sp³-hybridized carbons (Fsp3) is 0. The third-order valence-electron chi connectivity index (χ3n) is 11.0. The van der Waals surface area contributed by atoms with Crippen LogP contribution in [0, 0.1) is 0 Å². The van der Waals surface area contributed by atoms with Gasteiger partial charge in [-0.2, -0.15) is 0 Å². The van der Waals surface area contributed by atoms with E-state index in [4.69, 9.17) is 0 Å². The SMILES string of the molecule is C(=C\c1ccc(-c2c3ccccc3c(-c3ccc(N(c4ccccc4)c4ccc5ccccc5c4)cc3)c3ccccc23)cc1)/c1ccc(-c2ccccc2)cc1. The van der Waals surface area contributed by atoms with Crippen LogP contribution in [0.3, 0.4) is 0 Å². The molecular weight excluding hydrogens is 687 g/mol. The van der Waals surface area contributed by atoms with E-state index in [-0.39, 0.29) is 0 Å². The molecule has 0 aromatic heterocycles. The predicted octanol–water partition coefficient (Wildman–Crippen LogP) is 15.8. The molecule has 0 aliphatic rings. The average molecular weight is 726 g/mol. The highest BCUT2D eigenvalue weighted by atomic mass is 15.1. The van der Waals surface area contributed by atoms with Crippen LogP contribution < -0.4 is 4.90 Å². The van der Waals surface area contributed by atoms with E-state index in [9.17, 15) is 0 Å². The molecule has 0 atom stereocenters. The van der Waals surface area contributed by atoms with Gasteiger partial charge in [-0.05, 0) is 113 Å². The van der Waals surface area contributed by atoms with Crippen molar-refractivity contribution in [2.75, 3.05) is 4.90 Å². The fourth-order valence-corrected chi connectivity index (χ4v) is 8.24. The molecule has 0 aliphatic carbocycles. The Morgan fingerprint density at radius 1 is 0.263 bits per heavy atom. The number of para-hydroxylation sites is 1. The second-order valence-corrected chi connectivity index (χ2v) is 14.5. The predicted molar refractivity (Wildman–Crippen MR) is 245 cm³/mol. The van der Waals surface area contributed by atoms with Crippen LogP contribution in [0.2, 0.25) is 0 Å². The van der Waals surface area contributed by atoms with Crippen molar-refractivity contribution >= 4 is 61.5 Å². The summed E-state index contributed by atoms with van der Waals surface area (Å²) in [6.45, 7) is 0. The first-order valence-corrected chi connectivity index (χ1v) is 19.6. The van der Waals surface area contributed by atoms with Gasteiger partial charge >= 0.3 is 0 Å². The van der Waals surface area contributed by atoms with E-state index < -0.39 is 0 Å². The molecule has 1 nitrogen and oxygen atoms in total. The fourth-order valence-electron chi connectivity index (χ4n) is 8.24. The molecule has 0 unspecified atom stereocenters. The summed E-state index contributed by atoms with van der Waals surface area (Å²) in [5.74, 6) is 0. The zero-order valence-corrected chi connectivity index (χ0v) is 31.5. The van der Waals surface area contributed by atoms with Crippen molar-refractivity contribution in [1.82, 2.24) is 0 Å². The first kappa shape index (κ1) is 34.0. The Morgan fingerprint density at radius 3 is 1.19 bits per heavy atom. The van der Waals surface area contributed by atoms with Gasteiger partial charge in [0, 0.05) is 17.1 Å². The van der Waals surface area contributed by atoms with Crippen LogP contribution in [-0.2, 0) is 0 Å². The lowest BCUT2D eigenvalue weighted by atomic mass is 9.86. The highest BCUT2D eigenvalue weighted by molar-refractivity contribution is 6.21. The quantitative estimate of drug-likeness (QED) is 0.111. The van der Waals surface area contributed by atoms with Crippen LogP contribution in [-0.4, -0.2) is 0 Å². The molecule has 10 rings (SSSR count). The summed E-state index contributed by atoms with van der Waals surface area (Å²) >= 11 is 0. The highest BCUT2D eigenvalue weighted by Gasteiger charge is 2.18. The standard InChI is InChI=1S/C56H39N/c1-3-13-42(14-4-1)44-29-25-40(26-30-44)23-24-41-27-31-45(32-28-41)55-51-19-9-11-21-53(51)56(54-22-12-10-20-52(54)55)46-34-36-49(37-35-46)57(48-17-5-2-6-18-48)50-38-33-43-15-7-8-16-47(43)39-50/h1-39H/b24-23+. The van der Waals surface area contributed by atoms with Crippen molar-refractivity contribution in [3.8, 4) is 33.4 Å². The van der Waals surface area contributed by atoms with E-state index >= 15 is 0 Å². The van der Waals surface area contributed by atoms with E-state index in [0.29, 0.717) is 0 Å². The number of hydrogen-bond acceptors (Lipinski definition) is 1. The number of benzene rings is 10. The molecule has 0 spiro atoms. The minimum absolute atomic E-state index is 1.11. The Labute approximate surface area is 334 Å². The number of anilines is 3. The molecule has 0 saturated carbocycles. The molecule has 0 radical (unpaired) electrons. The van der Waals surface area contributed by atoms with E-state index in [0.717, 1.165) is 17.1 Å². The first-order valence-electron chi connectivity index (χ1n) is 19.6. The number of rotatable bonds is 8. The van der Waals surface area contributed by atoms with Crippen LogP contribution in [0.15, 0.2) is 224 Å². The average Bonchev–Trinajstić information content (AvgIpc) is 3.29. The lowest BCUT2D eigenvalue weighted by Gasteiger charge is -2.26. The van der Waals surface area contributed by atoms with Gasteiger partial charge in [0.15, 0.2) is 0 Å². The van der Waals surface area contributed by atoms with Gasteiger partial charge in [-0.15, -0.1) is 0 Å². The van der Waals surface area contributed by atoms with Gasteiger partial charge in [0.25, 0.3) is 0 Å². The molecule has 0 bridgehead atoms. The summed E-state index contributed by atoms with van der Waals surface area (Å²) in [5.41, 5.74) is 13.1. The highest BCUT2D eigenvalue weighted by Crippen LogP contribution is 2.45. The third kappa shape index (κ3) is 6.66. The molecule has 0 aliphatic heterocycles. The zero-order chi connectivity index (χ0) is 38.0. The molecular formula is C56H39N. The molecule has 0 amide bonds. The maximum Gasteiger partial charge on any atom is 0.0468 e. The summed E-state index contributed by atoms with van der Waals surface area (Å²) in [6.07, 6.45) is 4.39. The van der Waals surface area contributed by atoms with Crippen LogP contribution in [0.5, 0.6) is 0 Å². The molecule has 1 heteroatoms. The maximum atomic E-state index is 2.34. The van der Waals surface area contributed by atoms with Gasteiger partial charge in [-0.1, -0.05) is 200 Å². The van der Waals surface area contributed by atoms with Crippen molar-refractivity contribution < 1.29 is 0 Å². The van der Waals surface area contributed by atoms with Crippen molar-refractivity contribution in [2.24, 2.45) is 0 Å². The second kappa shape index (κ2) is 15.0. The number of hydrogen-bond donors (Lipinski definition) is 0. The molecule has 0 heterocycles. The minimum atomic E-state index is 1.11. The van der Waals surface area contributed by atoms with Crippen LogP contribution in [0.1, 0.15) is 11.1 Å².